The summed E-state index contributed by atoms with van der Waals surface area (Å²) >= 11 is 0. The largest absolute Gasteiger partial charge is 0.469 e. The first-order chi connectivity index (χ1) is 4.86. The maximum absolute atomic E-state index is 5.33. The summed E-state index contributed by atoms with van der Waals surface area (Å²) < 4.78 is 5.33. The molecule has 0 radical (unpaired) electrons. The molecule has 1 aliphatic rings. The van der Waals surface area contributed by atoms with Crippen molar-refractivity contribution in [3.05, 3.63) is 23.7 Å². The minimum Gasteiger partial charge on any atom is -0.469 e. The molecule has 10 heavy (non-hydrogen) atoms. The zero-order valence-corrected chi connectivity index (χ0v) is 6.26. The Kier molecular flexibility index (Phi) is 1.30. The van der Waals surface area contributed by atoms with E-state index in [-0.39, 0.29) is 0 Å². The van der Waals surface area contributed by atoms with Gasteiger partial charge >= 0.3 is 0 Å². The van der Waals surface area contributed by atoms with Gasteiger partial charge in [0, 0.05) is 6.42 Å². The molecule has 1 nitrogen and oxygen atoms in total. The number of furan rings is 1. The van der Waals surface area contributed by atoms with Crippen LogP contribution in [-0.4, -0.2) is 0 Å². The second-order valence-corrected chi connectivity index (χ2v) is 3.22. The molecule has 0 amide bonds. The molecule has 0 bridgehead atoms. The molecule has 1 heterocycles. The summed E-state index contributed by atoms with van der Waals surface area (Å²) in [5, 5.41) is 0. The maximum atomic E-state index is 5.33. The lowest BCUT2D eigenvalue weighted by molar-refractivity contribution is 0.413. The lowest BCUT2D eigenvalue weighted by atomic mass is 9.90. The zero-order valence-electron chi connectivity index (χ0n) is 6.26. The molecule has 0 saturated heterocycles. The molecule has 54 valence electrons. The van der Waals surface area contributed by atoms with Crippen molar-refractivity contribution in [3.63, 3.8) is 0 Å². The number of aryl methyl sites for hydroxylation is 1. The second kappa shape index (κ2) is 2.15. The molecule has 0 unspecified atom stereocenters. The van der Waals surface area contributed by atoms with Gasteiger partial charge in [0.05, 0.1) is 6.26 Å². The Hall–Kier alpha value is -0.720. The highest BCUT2D eigenvalue weighted by Crippen LogP contribution is 2.25. The summed E-state index contributed by atoms with van der Waals surface area (Å²) in [6.07, 6.45) is 5.49. The molecule has 0 saturated carbocycles. The predicted octanol–water partition coefficient (Wildman–Crippen LogP) is 2.40. The van der Waals surface area contributed by atoms with Gasteiger partial charge in [0.1, 0.15) is 5.76 Å². The van der Waals surface area contributed by atoms with Gasteiger partial charge in [-0.3, -0.25) is 0 Å². The molecule has 0 aromatic carbocycles. The Labute approximate surface area is 61.0 Å². The molecule has 1 aliphatic carbocycles. The van der Waals surface area contributed by atoms with Crippen LogP contribution < -0.4 is 0 Å². The van der Waals surface area contributed by atoms with E-state index < -0.39 is 0 Å². The Morgan fingerprint density at radius 2 is 2.50 bits per heavy atom. The van der Waals surface area contributed by atoms with Crippen molar-refractivity contribution in [1.29, 1.82) is 0 Å². The molecule has 1 atom stereocenters. The van der Waals surface area contributed by atoms with Gasteiger partial charge in [-0.25, -0.2) is 0 Å². The van der Waals surface area contributed by atoms with E-state index in [9.17, 15) is 0 Å². The summed E-state index contributed by atoms with van der Waals surface area (Å²) in [6, 6.07) is 2.10. The van der Waals surface area contributed by atoms with Crippen molar-refractivity contribution in [1.82, 2.24) is 0 Å². The van der Waals surface area contributed by atoms with E-state index in [1.54, 1.807) is 0 Å². The lowest BCUT2D eigenvalue weighted by Gasteiger charge is -2.15. The van der Waals surface area contributed by atoms with Gasteiger partial charge in [0.2, 0.25) is 0 Å². The van der Waals surface area contributed by atoms with Crippen LogP contribution in [0.1, 0.15) is 24.7 Å². The normalized spacial score (nSPS) is 24.3. The number of fused-ring (bicyclic) bond motifs is 1. The fourth-order valence-electron chi connectivity index (χ4n) is 1.59. The third kappa shape index (κ3) is 0.859. The van der Waals surface area contributed by atoms with Crippen LogP contribution in [0.25, 0.3) is 0 Å². The first-order valence-electron chi connectivity index (χ1n) is 3.91. The Balaban J connectivity index is 2.30. The van der Waals surface area contributed by atoms with E-state index in [4.69, 9.17) is 4.42 Å². The molecule has 0 fully saturated rings. The molecule has 0 aliphatic heterocycles. The Morgan fingerprint density at radius 1 is 1.60 bits per heavy atom. The first-order valence-corrected chi connectivity index (χ1v) is 3.91. The Bertz CT molecular complexity index is 224. The van der Waals surface area contributed by atoms with Crippen LogP contribution in [0, 0.1) is 5.92 Å². The van der Waals surface area contributed by atoms with Gasteiger partial charge in [-0.05, 0) is 30.4 Å². The standard InChI is InChI=1S/C9H12O/c1-7-2-3-8-4-5-10-9(8)6-7/h4-5,7H,2-3,6H2,1H3/t7-/m1/s1. The summed E-state index contributed by atoms with van der Waals surface area (Å²) in [5.41, 5.74) is 1.43. The summed E-state index contributed by atoms with van der Waals surface area (Å²) in [6.45, 7) is 2.28. The van der Waals surface area contributed by atoms with E-state index >= 15 is 0 Å². The second-order valence-electron chi connectivity index (χ2n) is 3.22. The van der Waals surface area contributed by atoms with Gasteiger partial charge in [0.15, 0.2) is 0 Å². The van der Waals surface area contributed by atoms with E-state index in [1.807, 2.05) is 6.26 Å². The average molecular weight is 136 g/mol. The van der Waals surface area contributed by atoms with E-state index in [0.717, 1.165) is 12.3 Å². The maximum Gasteiger partial charge on any atom is 0.107 e. The molecule has 0 spiro atoms. The van der Waals surface area contributed by atoms with Crippen molar-refractivity contribution in [2.45, 2.75) is 26.2 Å². The molecule has 1 heteroatoms. The SMILES string of the molecule is C[C@@H]1CCc2ccoc2C1. The topological polar surface area (TPSA) is 13.1 Å². The average Bonchev–Trinajstić information content (AvgIpc) is 2.33. The smallest absolute Gasteiger partial charge is 0.107 e. The van der Waals surface area contributed by atoms with Gasteiger partial charge in [-0.15, -0.1) is 0 Å². The van der Waals surface area contributed by atoms with Crippen LogP contribution in [-0.2, 0) is 12.8 Å². The van der Waals surface area contributed by atoms with Crippen LogP contribution in [0.2, 0.25) is 0 Å². The van der Waals surface area contributed by atoms with Crippen molar-refractivity contribution in [3.8, 4) is 0 Å². The van der Waals surface area contributed by atoms with E-state index in [2.05, 4.69) is 13.0 Å². The molecular formula is C9H12O. The van der Waals surface area contributed by atoms with Crippen LogP contribution >= 0.6 is 0 Å². The van der Waals surface area contributed by atoms with Crippen LogP contribution in [0.5, 0.6) is 0 Å². The quantitative estimate of drug-likeness (QED) is 0.533. The van der Waals surface area contributed by atoms with Gasteiger partial charge in [0.25, 0.3) is 0 Å². The molecule has 1 aromatic heterocycles. The number of rotatable bonds is 0. The minimum absolute atomic E-state index is 0.818. The van der Waals surface area contributed by atoms with Crippen LogP contribution in [0.4, 0.5) is 0 Å². The number of hydrogen-bond acceptors (Lipinski definition) is 1. The highest BCUT2D eigenvalue weighted by Gasteiger charge is 2.16. The third-order valence-corrected chi connectivity index (χ3v) is 2.28. The molecule has 2 rings (SSSR count). The van der Waals surface area contributed by atoms with Crippen LogP contribution in [0.3, 0.4) is 0 Å². The predicted molar refractivity (Wildman–Crippen MR) is 39.9 cm³/mol. The highest BCUT2D eigenvalue weighted by molar-refractivity contribution is 5.19. The van der Waals surface area contributed by atoms with Crippen molar-refractivity contribution >= 4 is 0 Å². The molecular weight excluding hydrogens is 124 g/mol. The van der Waals surface area contributed by atoms with E-state index in [0.29, 0.717) is 0 Å². The fourth-order valence-corrected chi connectivity index (χ4v) is 1.59. The molecule has 1 aromatic rings. The van der Waals surface area contributed by atoms with Crippen molar-refractivity contribution < 1.29 is 4.42 Å². The monoisotopic (exact) mass is 136 g/mol. The van der Waals surface area contributed by atoms with Gasteiger partial charge < -0.3 is 4.42 Å². The number of hydrogen-bond donors (Lipinski definition) is 0. The summed E-state index contributed by atoms with van der Waals surface area (Å²) in [4.78, 5) is 0. The summed E-state index contributed by atoms with van der Waals surface area (Å²) in [5.74, 6) is 2.04. The third-order valence-electron chi connectivity index (χ3n) is 2.28. The van der Waals surface area contributed by atoms with Gasteiger partial charge in [-0.1, -0.05) is 6.92 Å². The fraction of sp³-hybridized carbons (Fsp3) is 0.556. The first kappa shape index (κ1) is 6.02. The lowest BCUT2D eigenvalue weighted by Crippen LogP contribution is -2.08. The van der Waals surface area contributed by atoms with Crippen molar-refractivity contribution in [2.24, 2.45) is 5.92 Å². The van der Waals surface area contributed by atoms with Crippen molar-refractivity contribution in [2.75, 3.05) is 0 Å². The summed E-state index contributed by atoms with van der Waals surface area (Å²) in [7, 11) is 0. The van der Waals surface area contributed by atoms with Crippen LogP contribution in [0.15, 0.2) is 16.7 Å². The highest BCUT2D eigenvalue weighted by atomic mass is 16.3. The van der Waals surface area contributed by atoms with E-state index in [1.165, 1.54) is 24.2 Å². The Morgan fingerprint density at radius 3 is 3.40 bits per heavy atom. The van der Waals surface area contributed by atoms with Gasteiger partial charge in [-0.2, -0.15) is 0 Å². The zero-order chi connectivity index (χ0) is 6.97. The molecule has 0 N–H and O–H groups in total. The minimum atomic E-state index is 0.818.